The molecule has 1 saturated carbocycles. The Morgan fingerprint density at radius 1 is 1.13 bits per heavy atom. The van der Waals surface area contributed by atoms with Crippen LogP contribution in [0.1, 0.15) is 43.4 Å². The van der Waals surface area contributed by atoms with Crippen molar-refractivity contribution in [1.82, 2.24) is 9.55 Å². The van der Waals surface area contributed by atoms with Gasteiger partial charge in [-0.2, -0.15) is 5.26 Å². The van der Waals surface area contributed by atoms with Crippen LogP contribution in [-0.4, -0.2) is 28.7 Å². The lowest BCUT2D eigenvalue weighted by molar-refractivity contribution is 0.121. The molecule has 1 aliphatic heterocycles. The number of aryl methyl sites for hydroxylation is 1. The summed E-state index contributed by atoms with van der Waals surface area (Å²) < 4.78 is 7.90. The molecule has 0 N–H and O–H groups in total. The second-order valence-electron chi connectivity index (χ2n) is 8.81. The second-order valence-corrected chi connectivity index (χ2v) is 8.81. The monoisotopic (exact) mass is 414 g/mol. The minimum Gasteiger partial charge on any atom is -0.490 e. The number of hydrogen-bond donors (Lipinski definition) is 0. The Hall–Kier alpha value is -3.33. The number of rotatable bonds is 4. The van der Waals surface area contributed by atoms with Crippen LogP contribution in [0.15, 0.2) is 47.3 Å². The molecular weight excluding hydrogens is 388 g/mol. The van der Waals surface area contributed by atoms with Crippen molar-refractivity contribution < 1.29 is 4.74 Å². The molecule has 3 heterocycles. The van der Waals surface area contributed by atoms with E-state index in [1.807, 2.05) is 0 Å². The zero-order valence-corrected chi connectivity index (χ0v) is 17.9. The van der Waals surface area contributed by atoms with Crippen molar-refractivity contribution in [2.45, 2.75) is 38.2 Å². The van der Waals surface area contributed by atoms with Gasteiger partial charge in [0.05, 0.1) is 11.2 Å². The second kappa shape index (κ2) is 7.73. The van der Waals surface area contributed by atoms with Crippen molar-refractivity contribution in [3.05, 3.63) is 64.1 Å². The van der Waals surface area contributed by atoms with E-state index in [-0.39, 0.29) is 17.6 Å². The van der Waals surface area contributed by atoms with Gasteiger partial charge in [0.25, 0.3) is 5.56 Å². The molecule has 0 spiro atoms. The molecular formula is C25H26N4O2. The smallest absolute Gasteiger partial charge is 0.252 e. The van der Waals surface area contributed by atoms with Crippen LogP contribution in [0.25, 0.3) is 11.0 Å². The SMILES string of the molecule is C[C@@H]1CN(c2cc(=O)n(C)c3ccc(C#N)nc23)CC[C@H]1Oc1ccc(C2CC2)cc1. The molecule has 5 rings (SSSR count). The van der Waals surface area contributed by atoms with Gasteiger partial charge in [-0.05, 0) is 48.6 Å². The van der Waals surface area contributed by atoms with Crippen LogP contribution in [0.3, 0.4) is 0 Å². The lowest BCUT2D eigenvalue weighted by Gasteiger charge is -2.38. The van der Waals surface area contributed by atoms with Crippen molar-refractivity contribution in [2.75, 3.05) is 18.0 Å². The fourth-order valence-electron chi connectivity index (χ4n) is 4.54. The molecule has 0 bridgehead atoms. The summed E-state index contributed by atoms with van der Waals surface area (Å²) in [6, 6.07) is 15.8. The first-order valence-electron chi connectivity index (χ1n) is 11.0. The fourth-order valence-corrected chi connectivity index (χ4v) is 4.54. The summed E-state index contributed by atoms with van der Waals surface area (Å²) in [6.07, 6.45) is 3.60. The van der Waals surface area contributed by atoms with E-state index in [1.54, 1.807) is 29.8 Å². The summed E-state index contributed by atoms with van der Waals surface area (Å²) in [6.45, 7) is 3.73. The maximum absolute atomic E-state index is 12.5. The topological polar surface area (TPSA) is 71.2 Å². The lowest BCUT2D eigenvalue weighted by atomic mass is 9.95. The van der Waals surface area contributed by atoms with Gasteiger partial charge in [0.1, 0.15) is 29.1 Å². The zero-order chi connectivity index (χ0) is 21.5. The van der Waals surface area contributed by atoms with Gasteiger partial charge in [-0.3, -0.25) is 4.79 Å². The van der Waals surface area contributed by atoms with Crippen molar-refractivity contribution in [3.8, 4) is 11.8 Å². The Kier molecular flexibility index (Phi) is 4.90. The van der Waals surface area contributed by atoms with Crippen molar-refractivity contribution in [3.63, 3.8) is 0 Å². The van der Waals surface area contributed by atoms with Crippen molar-refractivity contribution in [1.29, 1.82) is 5.26 Å². The van der Waals surface area contributed by atoms with Crippen molar-refractivity contribution in [2.24, 2.45) is 13.0 Å². The lowest BCUT2D eigenvalue weighted by Crippen LogP contribution is -2.45. The van der Waals surface area contributed by atoms with E-state index in [0.717, 1.165) is 42.4 Å². The number of piperidine rings is 1. The van der Waals surface area contributed by atoms with Gasteiger partial charge < -0.3 is 14.2 Å². The third-order valence-electron chi connectivity index (χ3n) is 6.57. The summed E-state index contributed by atoms with van der Waals surface area (Å²) in [5.41, 5.74) is 3.93. The van der Waals surface area contributed by atoms with E-state index in [9.17, 15) is 10.1 Å². The normalized spacial score (nSPS) is 21.1. The fraction of sp³-hybridized carbons (Fsp3) is 0.400. The van der Waals surface area contributed by atoms with E-state index in [4.69, 9.17) is 4.74 Å². The summed E-state index contributed by atoms with van der Waals surface area (Å²) in [5, 5.41) is 9.28. The maximum atomic E-state index is 12.5. The number of ether oxygens (including phenoxy) is 1. The van der Waals surface area contributed by atoms with Crippen LogP contribution in [0.2, 0.25) is 0 Å². The minimum atomic E-state index is -0.0733. The number of aromatic nitrogens is 2. The Labute approximate surface area is 181 Å². The Morgan fingerprint density at radius 3 is 2.58 bits per heavy atom. The molecule has 1 aromatic carbocycles. The number of benzene rings is 1. The van der Waals surface area contributed by atoms with Crippen LogP contribution in [0, 0.1) is 17.2 Å². The van der Waals surface area contributed by atoms with Crippen LogP contribution in [0.4, 0.5) is 5.69 Å². The Balaban J connectivity index is 1.36. The Morgan fingerprint density at radius 2 is 1.90 bits per heavy atom. The molecule has 2 aliphatic rings. The van der Waals surface area contributed by atoms with Crippen LogP contribution in [0.5, 0.6) is 5.75 Å². The number of anilines is 1. The third-order valence-corrected chi connectivity index (χ3v) is 6.57. The average Bonchev–Trinajstić information content (AvgIpc) is 3.63. The molecule has 2 aromatic heterocycles. The molecule has 2 fully saturated rings. The highest BCUT2D eigenvalue weighted by Gasteiger charge is 2.30. The highest BCUT2D eigenvalue weighted by molar-refractivity contribution is 5.88. The minimum absolute atomic E-state index is 0.0733. The van der Waals surface area contributed by atoms with E-state index >= 15 is 0 Å². The highest BCUT2D eigenvalue weighted by atomic mass is 16.5. The first-order chi connectivity index (χ1) is 15.0. The maximum Gasteiger partial charge on any atom is 0.252 e. The van der Waals surface area contributed by atoms with Crippen LogP contribution < -0.4 is 15.2 Å². The van der Waals surface area contributed by atoms with Gasteiger partial charge in [0, 0.05) is 38.5 Å². The molecule has 0 unspecified atom stereocenters. The predicted molar refractivity (Wildman–Crippen MR) is 121 cm³/mol. The molecule has 1 aliphatic carbocycles. The number of nitriles is 1. The first-order valence-corrected chi connectivity index (χ1v) is 11.0. The predicted octanol–water partition coefficient (Wildman–Crippen LogP) is 3.98. The van der Waals surface area contributed by atoms with E-state index in [1.165, 1.54) is 18.4 Å². The van der Waals surface area contributed by atoms with Gasteiger partial charge in [-0.1, -0.05) is 19.1 Å². The molecule has 3 aromatic rings. The molecule has 0 amide bonds. The van der Waals surface area contributed by atoms with E-state index in [2.05, 4.69) is 47.1 Å². The van der Waals surface area contributed by atoms with Gasteiger partial charge in [0.15, 0.2) is 0 Å². The standard InChI is InChI=1S/C25H26N4O2/c1-16-15-29(12-11-23(16)31-20-8-5-18(6-9-20)17-3-4-17)22-13-24(30)28(2)21-10-7-19(14-26)27-25(21)22/h5-10,13,16-17,23H,3-4,11-12,15H2,1-2H3/t16-,23-/m1/s1. The summed E-state index contributed by atoms with van der Waals surface area (Å²) >= 11 is 0. The molecule has 158 valence electrons. The quantitative estimate of drug-likeness (QED) is 0.646. The van der Waals surface area contributed by atoms with Crippen LogP contribution >= 0.6 is 0 Å². The summed E-state index contributed by atoms with van der Waals surface area (Å²) in [5.74, 6) is 1.96. The number of hydrogen-bond acceptors (Lipinski definition) is 5. The van der Waals surface area contributed by atoms with Gasteiger partial charge >= 0.3 is 0 Å². The first kappa shape index (κ1) is 19.6. The summed E-state index contributed by atoms with van der Waals surface area (Å²) in [4.78, 5) is 19.3. The third kappa shape index (κ3) is 3.76. The molecule has 2 atom stereocenters. The molecule has 6 nitrogen and oxygen atoms in total. The molecule has 31 heavy (non-hydrogen) atoms. The number of fused-ring (bicyclic) bond motifs is 1. The average molecular weight is 415 g/mol. The summed E-state index contributed by atoms with van der Waals surface area (Å²) in [7, 11) is 1.74. The Bertz CT molecular complexity index is 1220. The number of nitrogens with zero attached hydrogens (tertiary/aromatic N) is 4. The highest BCUT2D eigenvalue weighted by Crippen LogP contribution is 2.40. The molecule has 0 radical (unpaired) electrons. The zero-order valence-electron chi connectivity index (χ0n) is 17.9. The molecule has 1 saturated heterocycles. The largest absolute Gasteiger partial charge is 0.490 e. The van der Waals surface area contributed by atoms with E-state index < -0.39 is 0 Å². The van der Waals surface area contributed by atoms with Gasteiger partial charge in [-0.15, -0.1) is 0 Å². The van der Waals surface area contributed by atoms with Gasteiger partial charge in [0.2, 0.25) is 0 Å². The molecule has 6 heteroatoms. The van der Waals surface area contributed by atoms with Crippen molar-refractivity contribution >= 4 is 16.7 Å². The van der Waals surface area contributed by atoms with Crippen LogP contribution in [-0.2, 0) is 7.05 Å². The number of pyridine rings is 2. The van der Waals surface area contributed by atoms with Gasteiger partial charge in [-0.25, -0.2) is 4.98 Å². The van der Waals surface area contributed by atoms with E-state index in [0.29, 0.717) is 11.2 Å².